The largest absolute Gasteiger partial charge is 0.377 e. The second-order valence-corrected chi connectivity index (χ2v) is 4.27. The van der Waals surface area contributed by atoms with E-state index in [2.05, 4.69) is 17.1 Å². The Bertz CT molecular complexity index is 425. The lowest BCUT2D eigenvalue weighted by molar-refractivity contribution is 0.117. The highest BCUT2D eigenvalue weighted by Crippen LogP contribution is 2.06. The van der Waals surface area contributed by atoms with Crippen molar-refractivity contribution in [3.63, 3.8) is 0 Å². The maximum absolute atomic E-state index is 5.61. The SMILES string of the molecule is CCCCCOCc1cccc(C=NN=C(N)N)c1. The number of hydrogen-bond acceptors (Lipinski definition) is 3. The van der Waals surface area contributed by atoms with E-state index in [1.165, 1.54) is 12.8 Å². The summed E-state index contributed by atoms with van der Waals surface area (Å²) in [6.45, 7) is 3.60. The van der Waals surface area contributed by atoms with E-state index in [4.69, 9.17) is 16.2 Å². The van der Waals surface area contributed by atoms with Gasteiger partial charge in [-0.1, -0.05) is 38.0 Å². The van der Waals surface area contributed by atoms with Gasteiger partial charge in [0.1, 0.15) is 0 Å². The van der Waals surface area contributed by atoms with Crippen molar-refractivity contribution >= 4 is 12.2 Å². The first kappa shape index (κ1) is 15.2. The predicted molar refractivity (Wildman–Crippen MR) is 79.0 cm³/mol. The summed E-state index contributed by atoms with van der Waals surface area (Å²) in [4.78, 5) is 0. The highest BCUT2D eigenvalue weighted by molar-refractivity contribution is 5.81. The molecule has 0 bridgehead atoms. The molecule has 19 heavy (non-hydrogen) atoms. The second kappa shape index (κ2) is 9.10. The first-order valence-corrected chi connectivity index (χ1v) is 6.51. The first-order valence-electron chi connectivity index (χ1n) is 6.51. The average molecular weight is 262 g/mol. The molecule has 0 aliphatic rings. The number of rotatable bonds is 8. The van der Waals surface area contributed by atoms with Gasteiger partial charge in [0.25, 0.3) is 0 Å². The van der Waals surface area contributed by atoms with Crippen LogP contribution in [0.5, 0.6) is 0 Å². The van der Waals surface area contributed by atoms with Crippen LogP contribution in [-0.2, 0) is 11.3 Å². The van der Waals surface area contributed by atoms with Gasteiger partial charge in [0, 0.05) is 6.61 Å². The fraction of sp³-hybridized carbons (Fsp3) is 0.429. The van der Waals surface area contributed by atoms with E-state index in [1.54, 1.807) is 6.21 Å². The highest BCUT2D eigenvalue weighted by atomic mass is 16.5. The third-order valence-corrected chi connectivity index (χ3v) is 2.49. The van der Waals surface area contributed by atoms with E-state index in [9.17, 15) is 0 Å². The standard InChI is InChI=1S/C14H22N4O/c1-2-3-4-8-19-11-13-7-5-6-12(9-13)10-17-18-14(15)16/h5-7,9-10H,2-4,8,11H2,1H3,(H4,15,16,18). The van der Waals surface area contributed by atoms with Gasteiger partial charge in [-0.3, -0.25) is 0 Å². The van der Waals surface area contributed by atoms with E-state index < -0.39 is 0 Å². The van der Waals surface area contributed by atoms with Gasteiger partial charge in [-0.15, -0.1) is 5.10 Å². The van der Waals surface area contributed by atoms with Crippen LogP contribution in [0.1, 0.15) is 37.3 Å². The maximum Gasteiger partial charge on any atom is 0.211 e. The summed E-state index contributed by atoms with van der Waals surface area (Å²) in [7, 11) is 0. The van der Waals surface area contributed by atoms with Gasteiger partial charge in [-0.2, -0.15) is 5.10 Å². The van der Waals surface area contributed by atoms with Crippen LogP contribution in [-0.4, -0.2) is 18.8 Å². The van der Waals surface area contributed by atoms with Crippen LogP contribution in [0.25, 0.3) is 0 Å². The molecule has 0 spiro atoms. The molecule has 104 valence electrons. The zero-order chi connectivity index (χ0) is 13.9. The van der Waals surface area contributed by atoms with Crippen molar-refractivity contribution in [2.45, 2.75) is 32.8 Å². The fourth-order valence-corrected chi connectivity index (χ4v) is 1.57. The zero-order valence-electron chi connectivity index (χ0n) is 11.4. The lowest BCUT2D eigenvalue weighted by atomic mass is 10.1. The normalized spacial score (nSPS) is 10.8. The quantitative estimate of drug-likeness (QED) is 0.325. The van der Waals surface area contributed by atoms with Crippen LogP contribution >= 0.6 is 0 Å². The highest BCUT2D eigenvalue weighted by Gasteiger charge is 1.95. The Morgan fingerprint density at radius 1 is 1.32 bits per heavy atom. The number of guanidine groups is 1. The van der Waals surface area contributed by atoms with Crippen molar-refractivity contribution < 1.29 is 4.74 Å². The number of nitrogens with zero attached hydrogens (tertiary/aromatic N) is 2. The fourth-order valence-electron chi connectivity index (χ4n) is 1.57. The third kappa shape index (κ3) is 7.21. The van der Waals surface area contributed by atoms with E-state index in [-0.39, 0.29) is 5.96 Å². The Kier molecular flexibility index (Phi) is 7.27. The van der Waals surface area contributed by atoms with Gasteiger partial charge >= 0.3 is 0 Å². The molecular formula is C14H22N4O. The van der Waals surface area contributed by atoms with Crippen molar-refractivity contribution in [2.75, 3.05) is 6.61 Å². The monoisotopic (exact) mass is 262 g/mol. The van der Waals surface area contributed by atoms with Crippen LogP contribution in [0.2, 0.25) is 0 Å². The molecule has 0 unspecified atom stereocenters. The first-order chi connectivity index (χ1) is 9.22. The summed E-state index contributed by atoms with van der Waals surface area (Å²) < 4.78 is 5.61. The Morgan fingerprint density at radius 3 is 2.89 bits per heavy atom. The van der Waals surface area contributed by atoms with Crippen molar-refractivity contribution in [3.05, 3.63) is 35.4 Å². The molecule has 0 amide bonds. The number of unbranched alkanes of at least 4 members (excludes halogenated alkanes) is 2. The molecule has 0 saturated heterocycles. The minimum absolute atomic E-state index is 0.0494. The molecule has 1 aromatic carbocycles. The molecule has 5 heteroatoms. The van der Waals surface area contributed by atoms with Gasteiger partial charge < -0.3 is 16.2 Å². The zero-order valence-corrected chi connectivity index (χ0v) is 11.4. The molecule has 0 atom stereocenters. The number of benzene rings is 1. The molecule has 0 radical (unpaired) electrons. The van der Waals surface area contributed by atoms with Crippen molar-refractivity contribution in [3.8, 4) is 0 Å². The summed E-state index contributed by atoms with van der Waals surface area (Å²) in [5, 5.41) is 7.33. The van der Waals surface area contributed by atoms with Crippen LogP contribution in [0.4, 0.5) is 0 Å². The van der Waals surface area contributed by atoms with Gasteiger partial charge in [0.2, 0.25) is 5.96 Å². The van der Waals surface area contributed by atoms with E-state index in [0.29, 0.717) is 6.61 Å². The van der Waals surface area contributed by atoms with E-state index in [0.717, 1.165) is 24.2 Å². The summed E-state index contributed by atoms with van der Waals surface area (Å²) in [5.74, 6) is -0.0494. The number of ether oxygens (including phenoxy) is 1. The Labute approximate surface area is 114 Å². The van der Waals surface area contributed by atoms with E-state index >= 15 is 0 Å². The molecule has 1 rings (SSSR count). The van der Waals surface area contributed by atoms with Crippen molar-refractivity contribution in [1.29, 1.82) is 0 Å². The van der Waals surface area contributed by atoms with Crippen LogP contribution < -0.4 is 11.5 Å². The summed E-state index contributed by atoms with van der Waals surface area (Å²) in [6, 6.07) is 7.93. The lowest BCUT2D eigenvalue weighted by Gasteiger charge is -2.04. The number of nitrogens with two attached hydrogens (primary N) is 2. The topological polar surface area (TPSA) is 86.0 Å². The molecule has 0 fully saturated rings. The molecule has 0 aromatic heterocycles. The summed E-state index contributed by atoms with van der Waals surface area (Å²) in [6.07, 6.45) is 5.15. The molecular weight excluding hydrogens is 240 g/mol. The van der Waals surface area contributed by atoms with Crippen LogP contribution in [0.3, 0.4) is 0 Å². The summed E-state index contributed by atoms with van der Waals surface area (Å²) >= 11 is 0. The van der Waals surface area contributed by atoms with Crippen molar-refractivity contribution in [1.82, 2.24) is 0 Å². The Morgan fingerprint density at radius 2 is 2.16 bits per heavy atom. The third-order valence-electron chi connectivity index (χ3n) is 2.49. The predicted octanol–water partition coefficient (Wildman–Crippen LogP) is 2.00. The van der Waals surface area contributed by atoms with Gasteiger partial charge in [-0.25, -0.2) is 0 Å². The van der Waals surface area contributed by atoms with Crippen LogP contribution in [0.15, 0.2) is 34.5 Å². The van der Waals surface area contributed by atoms with Crippen LogP contribution in [0, 0.1) is 0 Å². The molecule has 5 nitrogen and oxygen atoms in total. The van der Waals surface area contributed by atoms with Gasteiger partial charge in [0.05, 0.1) is 12.8 Å². The Balaban J connectivity index is 2.43. The molecule has 4 N–H and O–H groups in total. The molecule has 0 saturated carbocycles. The molecule has 0 aliphatic heterocycles. The smallest absolute Gasteiger partial charge is 0.211 e. The minimum atomic E-state index is -0.0494. The average Bonchev–Trinajstić information content (AvgIpc) is 2.39. The summed E-state index contributed by atoms with van der Waals surface area (Å²) in [5.41, 5.74) is 12.4. The van der Waals surface area contributed by atoms with E-state index in [1.807, 2.05) is 24.3 Å². The maximum atomic E-state index is 5.61. The Hall–Kier alpha value is -1.88. The second-order valence-electron chi connectivity index (χ2n) is 4.27. The minimum Gasteiger partial charge on any atom is -0.377 e. The molecule has 0 heterocycles. The molecule has 1 aromatic rings. The van der Waals surface area contributed by atoms with Gasteiger partial charge in [0.15, 0.2) is 0 Å². The number of hydrogen-bond donors (Lipinski definition) is 2. The molecule has 0 aliphatic carbocycles. The lowest BCUT2D eigenvalue weighted by Crippen LogP contribution is -2.21. The van der Waals surface area contributed by atoms with Gasteiger partial charge in [-0.05, 0) is 23.6 Å². The van der Waals surface area contributed by atoms with Crippen molar-refractivity contribution in [2.24, 2.45) is 21.7 Å².